The van der Waals surface area contributed by atoms with Crippen molar-refractivity contribution in [2.24, 2.45) is 5.73 Å². The Bertz CT molecular complexity index is 679. The monoisotopic (exact) mass is 287 g/mol. The summed E-state index contributed by atoms with van der Waals surface area (Å²) in [6, 6.07) is 7.60. The van der Waals surface area contributed by atoms with Crippen molar-refractivity contribution >= 4 is 0 Å². The van der Waals surface area contributed by atoms with Crippen molar-refractivity contribution in [2.45, 2.75) is 18.8 Å². The van der Waals surface area contributed by atoms with E-state index in [0.717, 1.165) is 11.6 Å². The first kappa shape index (κ1) is 15.1. The van der Waals surface area contributed by atoms with E-state index in [4.69, 9.17) is 11.0 Å². The van der Waals surface area contributed by atoms with Crippen LogP contribution in [-0.4, -0.2) is 11.5 Å². The molecule has 21 heavy (non-hydrogen) atoms. The second-order valence-corrected chi connectivity index (χ2v) is 4.92. The fourth-order valence-corrected chi connectivity index (χ4v) is 2.38. The summed E-state index contributed by atoms with van der Waals surface area (Å²) >= 11 is 0. The van der Waals surface area contributed by atoms with Crippen LogP contribution in [0.2, 0.25) is 0 Å². The fraction of sp³-hybridized carbons (Fsp3) is 0.250. The highest BCUT2D eigenvalue weighted by atomic mass is 19.2. The second-order valence-electron chi connectivity index (χ2n) is 4.92. The third-order valence-electron chi connectivity index (χ3n) is 3.64. The summed E-state index contributed by atoms with van der Waals surface area (Å²) in [5.41, 5.74) is 7.74. The largest absolute Gasteiger partial charge is 0.330 e. The summed E-state index contributed by atoms with van der Waals surface area (Å²) in [7, 11) is 0. The minimum absolute atomic E-state index is 0.124. The van der Waals surface area contributed by atoms with E-state index in [1.807, 2.05) is 13.0 Å². The molecule has 0 amide bonds. The lowest BCUT2D eigenvalue weighted by molar-refractivity contribution is 0.501. The van der Waals surface area contributed by atoms with Gasteiger partial charge < -0.3 is 5.73 Å². The second kappa shape index (κ2) is 6.42. The zero-order valence-corrected chi connectivity index (χ0v) is 11.6. The SMILES string of the molecule is CC(c1ccc(F)c(F)c1)C(CN)c1cncc(C#N)c1. The van der Waals surface area contributed by atoms with Crippen LogP contribution in [-0.2, 0) is 0 Å². The molecule has 2 aromatic rings. The zero-order valence-electron chi connectivity index (χ0n) is 11.6. The maximum Gasteiger partial charge on any atom is 0.159 e. The normalized spacial score (nSPS) is 13.5. The van der Waals surface area contributed by atoms with Gasteiger partial charge in [0.2, 0.25) is 0 Å². The highest BCUT2D eigenvalue weighted by molar-refractivity contribution is 5.34. The molecule has 0 saturated heterocycles. The van der Waals surface area contributed by atoms with Crippen LogP contribution in [0.4, 0.5) is 8.78 Å². The average Bonchev–Trinajstić information content (AvgIpc) is 2.51. The number of hydrogen-bond donors (Lipinski definition) is 1. The highest BCUT2D eigenvalue weighted by Crippen LogP contribution is 2.32. The van der Waals surface area contributed by atoms with Crippen LogP contribution in [0.15, 0.2) is 36.7 Å². The number of aromatic nitrogens is 1. The summed E-state index contributed by atoms with van der Waals surface area (Å²) in [5.74, 6) is -2.00. The van der Waals surface area contributed by atoms with Crippen molar-refractivity contribution in [3.63, 3.8) is 0 Å². The quantitative estimate of drug-likeness (QED) is 0.940. The van der Waals surface area contributed by atoms with Gasteiger partial charge in [-0.3, -0.25) is 4.98 Å². The van der Waals surface area contributed by atoms with Crippen molar-refractivity contribution in [1.29, 1.82) is 5.26 Å². The van der Waals surface area contributed by atoms with Crippen LogP contribution >= 0.6 is 0 Å². The lowest BCUT2D eigenvalue weighted by atomic mass is 9.83. The van der Waals surface area contributed by atoms with Crippen LogP contribution in [0.1, 0.15) is 35.4 Å². The number of benzene rings is 1. The molecule has 1 aromatic carbocycles. The first-order chi connectivity index (χ1) is 10.1. The maximum absolute atomic E-state index is 13.4. The van der Waals surface area contributed by atoms with Crippen molar-refractivity contribution < 1.29 is 8.78 Å². The van der Waals surface area contributed by atoms with Crippen molar-refractivity contribution in [3.05, 3.63) is 65.0 Å². The minimum atomic E-state index is -0.876. The van der Waals surface area contributed by atoms with Gasteiger partial charge in [0.15, 0.2) is 11.6 Å². The maximum atomic E-state index is 13.4. The van der Waals surface area contributed by atoms with E-state index in [0.29, 0.717) is 17.7 Å². The predicted molar refractivity (Wildman–Crippen MR) is 75.5 cm³/mol. The molecular weight excluding hydrogens is 272 g/mol. The number of nitrogens with zero attached hydrogens (tertiary/aromatic N) is 2. The van der Waals surface area contributed by atoms with Gasteiger partial charge in [-0.05, 0) is 41.8 Å². The predicted octanol–water partition coefficient (Wildman–Crippen LogP) is 3.08. The summed E-state index contributed by atoms with van der Waals surface area (Å²) in [4.78, 5) is 4.02. The number of nitrogens with two attached hydrogens (primary N) is 1. The molecule has 2 unspecified atom stereocenters. The Labute approximate surface area is 122 Å². The standard InChI is InChI=1S/C16H15F2N3/c1-10(12-2-3-15(17)16(18)5-12)14(7-20)13-4-11(6-19)8-21-9-13/h2-5,8-10,14H,7,20H2,1H3. The Morgan fingerprint density at radius 1 is 1.19 bits per heavy atom. The minimum Gasteiger partial charge on any atom is -0.330 e. The molecular formula is C16H15F2N3. The molecule has 2 N–H and O–H groups in total. The smallest absolute Gasteiger partial charge is 0.159 e. The van der Waals surface area contributed by atoms with Gasteiger partial charge in [-0.1, -0.05) is 13.0 Å². The number of nitriles is 1. The number of halogens is 2. The molecule has 1 aromatic heterocycles. The lowest BCUT2D eigenvalue weighted by Gasteiger charge is -2.23. The van der Waals surface area contributed by atoms with E-state index < -0.39 is 11.6 Å². The van der Waals surface area contributed by atoms with Gasteiger partial charge in [-0.25, -0.2) is 8.78 Å². The molecule has 0 radical (unpaired) electrons. The third kappa shape index (κ3) is 3.23. The summed E-state index contributed by atoms with van der Waals surface area (Å²) in [6.07, 6.45) is 3.12. The van der Waals surface area contributed by atoms with Crippen LogP contribution in [0.3, 0.4) is 0 Å². The van der Waals surface area contributed by atoms with Gasteiger partial charge >= 0.3 is 0 Å². The molecule has 0 saturated carbocycles. The first-order valence-electron chi connectivity index (χ1n) is 6.57. The van der Waals surface area contributed by atoms with Crippen molar-refractivity contribution in [2.75, 3.05) is 6.54 Å². The molecule has 2 rings (SSSR count). The molecule has 108 valence electrons. The zero-order chi connectivity index (χ0) is 15.4. The molecule has 0 spiro atoms. The van der Waals surface area contributed by atoms with Gasteiger partial charge in [0.25, 0.3) is 0 Å². The molecule has 0 bridgehead atoms. The molecule has 2 atom stereocenters. The van der Waals surface area contributed by atoms with E-state index in [1.165, 1.54) is 12.3 Å². The van der Waals surface area contributed by atoms with Crippen LogP contribution < -0.4 is 5.73 Å². The van der Waals surface area contributed by atoms with E-state index in [9.17, 15) is 8.78 Å². The fourth-order valence-electron chi connectivity index (χ4n) is 2.38. The molecule has 0 aliphatic heterocycles. The molecule has 0 aliphatic rings. The van der Waals surface area contributed by atoms with Gasteiger partial charge in [-0.15, -0.1) is 0 Å². The van der Waals surface area contributed by atoms with Crippen LogP contribution in [0, 0.1) is 23.0 Å². The van der Waals surface area contributed by atoms with E-state index in [2.05, 4.69) is 4.98 Å². The number of hydrogen-bond acceptors (Lipinski definition) is 3. The van der Waals surface area contributed by atoms with Crippen molar-refractivity contribution in [3.8, 4) is 6.07 Å². The highest BCUT2D eigenvalue weighted by Gasteiger charge is 2.21. The Morgan fingerprint density at radius 2 is 1.95 bits per heavy atom. The lowest BCUT2D eigenvalue weighted by Crippen LogP contribution is -2.19. The molecule has 5 heteroatoms. The van der Waals surface area contributed by atoms with E-state index in [-0.39, 0.29) is 11.8 Å². The van der Waals surface area contributed by atoms with Gasteiger partial charge in [0.1, 0.15) is 6.07 Å². The van der Waals surface area contributed by atoms with Crippen molar-refractivity contribution in [1.82, 2.24) is 4.98 Å². The summed E-state index contributed by atoms with van der Waals surface area (Å²) in [6.45, 7) is 2.21. The molecule has 0 aliphatic carbocycles. The van der Waals surface area contributed by atoms with Gasteiger partial charge in [-0.2, -0.15) is 5.26 Å². The third-order valence-corrected chi connectivity index (χ3v) is 3.64. The topological polar surface area (TPSA) is 62.7 Å². The number of pyridine rings is 1. The van der Waals surface area contributed by atoms with Crippen LogP contribution in [0.25, 0.3) is 0 Å². The molecule has 3 nitrogen and oxygen atoms in total. The number of rotatable bonds is 4. The first-order valence-corrected chi connectivity index (χ1v) is 6.57. The molecule has 1 heterocycles. The molecule has 0 fully saturated rings. The Kier molecular flexibility index (Phi) is 4.61. The van der Waals surface area contributed by atoms with Gasteiger partial charge in [0, 0.05) is 18.3 Å². The van der Waals surface area contributed by atoms with Gasteiger partial charge in [0.05, 0.1) is 5.56 Å². The van der Waals surface area contributed by atoms with E-state index in [1.54, 1.807) is 18.3 Å². The average molecular weight is 287 g/mol. The van der Waals surface area contributed by atoms with E-state index >= 15 is 0 Å². The Hall–Kier alpha value is -2.32. The Balaban J connectivity index is 2.35. The summed E-state index contributed by atoms with van der Waals surface area (Å²) in [5, 5.41) is 8.93. The summed E-state index contributed by atoms with van der Waals surface area (Å²) < 4.78 is 26.4. The Morgan fingerprint density at radius 3 is 2.57 bits per heavy atom. The van der Waals surface area contributed by atoms with Crippen LogP contribution in [0.5, 0.6) is 0 Å².